The van der Waals surface area contributed by atoms with Crippen LogP contribution in [0.5, 0.6) is 0 Å². The van der Waals surface area contributed by atoms with Crippen LogP contribution in [0.2, 0.25) is 0 Å². The number of carbonyl (C=O) groups is 1. The molecule has 0 aromatic carbocycles. The van der Waals surface area contributed by atoms with E-state index in [1.165, 1.54) is 13.8 Å². The number of amides is 1. The summed E-state index contributed by atoms with van der Waals surface area (Å²) in [6.45, 7) is 6.05. The third kappa shape index (κ3) is 2.85. The van der Waals surface area contributed by atoms with Crippen molar-refractivity contribution in [3.63, 3.8) is 0 Å². The molecule has 1 fully saturated rings. The van der Waals surface area contributed by atoms with Gasteiger partial charge in [0.1, 0.15) is 4.75 Å². The number of carbonyl (C=O) groups excluding carboxylic acids is 1. The molecule has 1 aliphatic rings. The van der Waals surface area contributed by atoms with Gasteiger partial charge in [0, 0.05) is 25.4 Å². The van der Waals surface area contributed by atoms with E-state index in [0.717, 1.165) is 19.1 Å². The van der Waals surface area contributed by atoms with E-state index in [0.29, 0.717) is 19.0 Å². The molecular formula is C12H24N2O3S. The zero-order chi connectivity index (χ0) is 14.1. The molecule has 0 aromatic rings. The fraction of sp³-hybridized carbons (Fsp3) is 0.917. The van der Waals surface area contributed by atoms with Crippen molar-refractivity contribution in [3.8, 4) is 0 Å². The fourth-order valence-electron chi connectivity index (χ4n) is 2.25. The normalized spacial score (nSPS) is 26.2. The number of nitrogens with zero attached hydrogens (tertiary/aromatic N) is 1. The summed E-state index contributed by atoms with van der Waals surface area (Å²) < 4.78 is 22.1. The van der Waals surface area contributed by atoms with Crippen molar-refractivity contribution in [1.29, 1.82) is 0 Å². The summed E-state index contributed by atoms with van der Waals surface area (Å²) in [5.41, 5.74) is 5.70. The third-order valence-corrected chi connectivity index (χ3v) is 5.98. The number of piperidine rings is 1. The van der Waals surface area contributed by atoms with Crippen molar-refractivity contribution in [2.75, 3.05) is 19.3 Å². The van der Waals surface area contributed by atoms with E-state index in [9.17, 15) is 13.2 Å². The van der Waals surface area contributed by atoms with Crippen LogP contribution in [0.4, 0.5) is 0 Å². The molecular weight excluding hydrogens is 252 g/mol. The van der Waals surface area contributed by atoms with Crippen LogP contribution in [0.3, 0.4) is 0 Å². The van der Waals surface area contributed by atoms with E-state index in [1.807, 2.05) is 0 Å². The van der Waals surface area contributed by atoms with Crippen LogP contribution in [-0.2, 0) is 14.6 Å². The van der Waals surface area contributed by atoms with Crippen LogP contribution in [0, 0.1) is 5.92 Å². The summed E-state index contributed by atoms with van der Waals surface area (Å²) in [6.07, 6.45) is 2.86. The van der Waals surface area contributed by atoms with Crippen molar-refractivity contribution in [3.05, 3.63) is 0 Å². The second-order valence-corrected chi connectivity index (χ2v) is 8.37. The van der Waals surface area contributed by atoms with Crippen LogP contribution >= 0.6 is 0 Å². The van der Waals surface area contributed by atoms with Gasteiger partial charge in [0.05, 0.1) is 0 Å². The second kappa shape index (κ2) is 5.17. The average Bonchev–Trinajstić information content (AvgIpc) is 2.26. The number of rotatable bonds is 3. The molecule has 0 aliphatic carbocycles. The number of sulfone groups is 1. The Kier molecular flexibility index (Phi) is 4.43. The SMILES string of the molecule is CC1CCN(C(=O)C(C)(C)S(C)(=O)=O)C(CN)C1. The maximum atomic E-state index is 12.4. The summed E-state index contributed by atoms with van der Waals surface area (Å²) in [6, 6.07) is -0.0396. The molecule has 1 rings (SSSR count). The molecule has 1 aliphatic heterocycles. The van der Waals surface area contributed by atoms with Crippen LogP contribution < -0.4 is 5.73 Å². The third-order valence-electron chi connectivity index (χ3n) is 3.95. The summed E-state index contributed by atoms with van der Waals surface area (Å²) >= 11 is 0. The first-order chi connectivity index (χ1) is 8.11. The lowest BCUT2D eigenvalue weighted by Gasteiger charge is -2.41. The minimum atomic E-state index is -3.43. The maximum absolute atomic E-state index is 12.4. The van der Waals surface area contributed by atoms with Crippen LogP contribution in [0.25, 0.3) is 0 Å². The first-order valence-electron chi connectivity index (χ1n) is 6.32. The molecule has 5 nitrogen and oxygen atoms in total. The van der Waals surface area contributed by atoms with E-state index >= 15 is 0 Å². The molecule has 2 N–H and O–H groups in total. The molecule has 106 valence electrons. The van der Waals surface area contributed by atoms with Gasteiger partial charge in [0.2, 0.25) is 5.91 Å². The van der Waals surface area contributed by atoms with Gasteiger partial charge in [-0.15, -0.1) is 0 Å². The van der Waals surface area contributed by atoms with Crippen molar-refractivity contribution < 1.29 is 13.2 Å². The Morgan fingerprint density at radius 1 is 1.44 bits per heavy atom. The highest BCUT2D eigenvalue weighted by atomic mass is 32.2. The van der Waals surface area contributed by atoms with Gasteiger partial charge in [-0.25, -0.2) is 8.42 Å². The molecule has 6 heteroatoms. The van der Waals surface area contributed by atoms with Gasteiger partial charge in [-0.05, 0) is 32.6 Å². The lowest BCUT2D eigenvalue weighted by Crippen LogP contribution is -2.57. The summed E-state index contributed by atoms with van der Waals surface area (Å²) in [4.78, 5) is 14.1. The molecule has 18 heavy (non-hydrogen) atoms. The van der Waals surface area contributed by atoms with Gasteiger partial charge >= 0.3 is 0 Å². The number of hydrogen-bond donors (Lipinski definition) is 1. The van der Waals surface area contributed by atoms with Crippen molar-refractivity contribution in [2.24, 2.45) is 11.7 Å². The zero-order valence-electron chi connectivity index (χ0n) is 11.6. The molecule has 0 bridgehead atoms. The highest BCUT2D eigenvalue weighted by molar-refractivity contribution is 7.92. The van der Waals surface area contributed by atoms with Gasteiger partial charge in [-0.2, -0.15) is 0 Å². The van der Waals surface area contributed by atoms with Crippen LogP contribution in [0.1, 0.15) is 33.6 Å². The van der Waals surface area contributed by atoms with Gasteiger partial charge in [0.15, 0.2) is 9.84 Å². The molecule has 0 saturated carbocycles. The van der Waals surface area contributed by atoms with Crippen molar-refractivity contribution in [2.45, 2.75) is 44.4 Å². The first kappa shape index (κ1) is 15.4. The average molecular weight is 276 g/mol. The first-order valence-corrected chi connectivity index (χ1v) is 8.21. The maximum Gasteiger partial charge on any atom is 0.243 e. The molecule has 0 aromatic heterocycles. The smallest absolute Gasteiger partial charge is 0.243 e. The Morgan fingerprint density at radius 3 is 2.44 bits per heavy atom. The number of likely N-dealkylation sites (tertiary alicyclic amines) is 1. The van der Waals surface area contributed by atoms with Crippen LogP contribution in [-0.4, -0.2) is 49.4 Å². The molecule has 0 spiro atoms. The molecule has 1 saturated heterocycles. The summed E-state index contributed by atoms with van der Waals surface area (Å²) in [7, 11) is -3.43. The van der Waals surface area contributed by atoms with E-state index in [-0.39, 0.29) is 11.9 Å². The molecule has 0 radical (unpaired) electrons. The largest absolute Gasteiger partial charge is 0.337 e. The van der Waals surface area contributed by atoms with Gasteiger partial charge < -0.3 is 10.6 Å². The lowest BCUT2D eigenvalue weighted by atomic mass is 9.91. The fourth-order valence-corrected chi connectivity index (χ4v) is 2.68. The van der Waals surface area contributed by atoms with Crippen molar-refractivity contribution >= 4 is 15.7 Å². The van der Waals surface area contributed by atoms with E-state index in [1.54, 1.807) is 4.90 Å². The predicted molar refractivity (Wildman–Crippen MR) is 71.9 cm³/mol. The minimum Gasteiger partial charge on any atom is -0.337 e. The monoisotopic (exact) mass is 276 g/mol. The second-order valence-electron chi connectivity index (χ2n) is 5.80. The zero-order valence-corrected chi connectivity index (χ0v) is 12.5. The van der Waals surface area contributed by atoms with Gasteiger partial charge in [0.25, 0.3) is 0 Å². The van der Waals surface area contributed by atoms with Crippen LogP contribution in [0.15, 0.2) is 0 Å². The number of hydrogen-bond acceptors (Lipinski definition) is 4. The van der Waals surface area contributed by atoms with Crippen molar-refractivity contribution in [1.82, 2.24) is 4.90 Å². The summed E-state index contributed by atoms with van der Waals surface area (Å²) in [5.74, 6) is 0.205. The van der Waals surface area contributed by atoms with E-state index in [2.05, 4.69) is 6.92 Å². The number of nitrogens with two attached hydrogens (primary N) is 1. The quantitative estimate of drug-likeness (QED) is 0.809. The molecule has 2 atom stereocenters. The highest BCUT2D eigenvalue weighted by Crippen LogP contribution is 2.27. The van der Waals surface area contributed by atoms with Gasteiger partial charge in [-0.1, -0.05) is 6.92 Å². The Bertz CT molecular complexity index is 417. The highest BCUT2D eigenvalue weighted by Gasteiger charge is 2.44. The molecule has 1 amide bonds. The standard InChI is InChI=1S/C12H24N2O3S/c1-9-5-6-14(10(7-9)8-13)11(15)12(2,3)18(4,16)17/h9-10H,5-8,13H2,1-4H3. The lowest BCUT2D eigenvalue weighted by molar-refractivity contribution is -0.137. The Labute approximate surface area is 110 Å². The molecule has 2 unspecified atom stereocenters. The van der Waals surface area contributed by atoms with Gasteiger partial charge in [-0.3, -0.25) is 4.79 Å². The summed E-state index contributed by atoms with van der Waals surface area (Å²) in [5, 5.41) is 0. The molecule has 1 heterocycles. The minimum absolute atomic E-state index is 0.0396. The topological polar surface area (TPSA) is 80.5 Å². The van der Waals surface area contributed by atoms with E-state index < -0.39 is 14.6 Å². The Hall–Kier alpha value is -0.620. The predicted octanol–water partition coefficient (Wildman–Crippen LogP) is 0.395. The Balaban J connectivity index is 2.96. The Morgan fingerprint density at radius 2 is 2.00 bits per heavy atom. The van der Waals surface area contributed by atoms with E-state index in [4.69, 9.17) is 5.73 Å².